The number of benzene rings is 2. The zero-order valence-corrected chi connectivity index (χ0v) is 13.3. The first-order valence-corrected chi connectivity index (χ1v) is 7.17. The van der Waals surface area contributed by atoms with Crippen LogP contribution in [0, 0.1) is 26.6 Å². The summed E-state index contributed by atoms with van der Waals surface area (Å²) in [5.41, 5.74) is 2.95. The van der Waals surface area contributed by atoms with E-state index in [4.69, 9.17) is 4.74 Å². The predicted octanol–water partition coefficient (Wildman–Crippen LogP) is 3.55. The van der Waals surface area contributed by atoms with Crippen LogP contribution in [0.4, 0.5) is 10.1 Å². The summed E-state index contributed by atoms with van der Waals surface area (Å²) in [6.07, 6.45) is 0. The monoisotopic (exact) mass is 315 g/mol. The summed E-state index contributed by atoms with van der Waals surface area (Å²) in [6.45, 7) is 4.87. The van der Waals surface area contributed by atoms with Gasteiger partial charge in [-0.2, -0.15) is 0 Å². The first-order chi connectivity index (χ1) is 10.9. The van der Waals surface area contributed by atoms with Crippen molar-refractivity contribution in [2.75, 3.05) is 11.9 Å². The molecule has 0 bridgehead atoms. The number of anilines is 1. The van der Waals surface area contributed by atoms with E-state index in [1.54, 1.807) is 32.0 Å². The van der Waals surface area contributed by atoms with E-state index in [2.05, 4.69) is 5.32 Å². The Hall–Kier alpha value is -2.69. The maximum atomic E-state index is 13.4. The molecule has 0 heterocycles. The Kier molecular flexibility index (Phi) is 5.11. The highest BCUT2D eigenvalue weighted by Gasteiger charge is 2.13. The Morgan fingerprint density at radius 3 is 2.43 bits per heavy atom. The number of carbonyl (C=O) groups is 2. The molecule has 5 heteroatoms. The summed E-state index contributed by atoms with van der Waals surface area (Å²) in [4.78, 5) is 23.8. The molecule has 2 aromatic carbocycles. The lowest BCUT2D eigenvalue weighted by atomic mass is 10.1. The molecule has 2 aromatic rings. The van der Waals surface area contributed by atoms with Crippen LogP contribution < -0.4 is 5.32 Å². The number of halogens is 1. The minimum Gasteiger partial charge on any atom is -0.452 e. The van der Waals surface area contributed by atoms with Gasteiger partial charge in [0, 0.05) is 5.69 Å². The van der Waals surface area contributed by atoms with Gasteiger partial charge in [-0.15, -0.1) is 0 Å². The van der Waals surface area contributed by atoms with Gasteiger partial charge >= 0.3 is 5.97 Å². The van der Waals surface area contributed by atoms with Crippen LogP contribution in [0.2, 0.25) is 0 Å². The number of hydrogen-bond acceptors (Lipinski definition) is 3. The van der Waals surface area contributed by atoms with Crippen molar-refractivity contribution in [3.05, 3.63) is 64.5 Å². The van der Waals surface area contributed by atoms with Crippen LogP contribution in [0.5, 0.6) is 0 Å². The fourth-order valence-electron chi connectivity index (χ4n) is 2.03. The van der Waals surface area contributed by atoms with E-state index in [-0.39, 0.29) is 0 Å². The molecule has 0 aromatic heterocycles. The lowest BCUT2D eigenvalue weighted by Gasteiger charge is -2.09. The van der Waals surface area contributed by atoms with Gasteiger partial charge in [0.25, 0.3) is 5.91 Å². The highest BCUT2D eigenvalue weighted by atomic mass is 19.1. The number of ether oxygens (including phenoxy) is 1. The summed E-state index contributed by atoms with van der Waals surface area (Å²) in [5, 5.41) is 2.49. The fraction of sp³-hybridized carbons (Fsp3) is 0.222. The summed E-state index contributed by atoms with van der Waals surface area (Å²) in [7, 11) is 0. The molecule has 120 valence electrons. The van der Waals surface area contributed by atoms with Crippen molar-refractivity contribution in [3.8, 4) is 0 Å². The largest absolute Gasteiger partial charge is 0.452 e. The van der Waals surface area contributed by atoms with Crippen LogP contribution in [0.1, 0.15) is 27.0 Å². The zero-order chi connectivity index (χ0) is 17.0. The van der Waals surface area contributed by atoms with Crippen LogP contribution in [0.15, 0.2) is 36.4 Å². The SMILES string of the molecule is Cc1ccc(C)c(C(=O)OCC(=O)Nc2ccc(C)c(F)c2)c1. The fourth-order valence-corrected chi connectivity index (χ4v) is 2.03. The van der Waals surface area contributed by atoms with Crippen molar-refractivity contribution < 1.29 is 18.7 Å². The maximum Gasteiger partial charge on any atom is 0.338 e. The van der Waals surface area contributed by atoms with Crippen molar-refractivity contribution in [1.29, 1.82) is 0 Å². The summed E-state index contributed by atoms with van der Waals surface area (Å²) < 4.78 is 18.4. The molecule has 1 amide bonds. The average Bonchev–Trinajstić information content (AvgIpc) is 2.51. The van der Waals surface area contributed by atoms with E-state index in [1.807, 2.05) is 19.1 Å². The van der Waals surface area contributed by atoms with Crippen molar-refractivity contribution in [2.45, 2.75) is 20.8 Å². The van der Waals surface area contributed by atoms with Crippen LogP contribution >= 0.6 is 0 Å². The third-order valence-electron chi connectivity index (χ3n) is 3.40. The highest BCUT2D eigenvalue weighted by Crippen LogP contribution is 2.14. The van der Waals surface area contributed by atoms with E-state index >= 15 is 0 Å². The third kappa shape index (κ3) is 4.39. The Bertz CT molecular complexity index is 756. The van der Waals surface area contributed by atoms with Gasteiger partial charge in [0.2, 0.25) is 0 Å². The predicted molar refractivity (Wildman–Crippen MR) is 86.0 cm³/mol. The maximum absolute atomic E-state index is 13.4. The second-order valence-corrected chi connectivity index (χ2v) is 5.41. The third-order valence-corrected chi connectivity index (χ3v) is 3.40. The van der Waals surface area contributed by atoms with Crippen molar-refractivity contribution in [1.82, 2.24) is 0 Å². The topological polar surface area (TPSA) is 55.4 Å². The first-order valence-electron chi connectivity index (χ1n) is 7.17. The smallest absolute Gasteiger partial charge is 0.338 e. The second kappa shape index (κ2) is 7.05. The lowest BCUT2D eigenvalue weighted by molar-refractivity contribution is -0.119. The van der Waals surface area contributed by atoms with Crippen molar-refractivity contribution >= 4 is 17.6 Å². The summed E-state index contributed by atoms with van der Waals surface area (Å²) >= 11 is 0. The van der Waals surface area contributed by atoms with Crippen LogP contribution in [-0.2, 0) is 9.53 Å². The molecule has 0 aliphatic rings. The normalized spacial score (nSPS) is 10.3. The molecule has 0 saturated heterocycles. The number of rotatable bonds is 4. The molecule has 0 atom stereocenters. The van der Waals surface area contributed by atoms with E-state index in [0.29, 0.717) is 16.8 Å². The quantitative estimate of drug-likeness (QED) is 0.878. The molecule has 4 nitrogen and oxygen atoms in total. The number of hydrogen-bond donors (Lipinski definition) is 1. The van der Waals surface area contributed by atoms with Crippen LogP contribution in [0.25, 0.3) is 0 Å². The minimum absolute atomic E-state index is 0.320. The van der Waals surface area contributed by atoms with E-state index in [9.17, 15) is 14.0 Å². The van der Waals surface area contributed by atoms with Crippen LogP contribution in [-0.4, -0.2) is 18.5 Å². The first kappa shape index (κ1) is 16.7. The minimum atomic E-state index is -0.559. The number of carbonyl (C=O) groups excluding carboxylic acids is 2. The molecule has 0 aliphatic carbocycles. The van der Waals surface area contributed by atoms with Gasteiger partial charge in [-0.3, -0.25) is 4.79 Å². The van der Waals surface area contributed by atoms with Gasteiger partial charge in [0.1, 0.15) is 5.82 Å². The Labute approximate surface area is 134 Å². The molecule has 0 unspecified atom stereocenters. The molecule has 0 saturated carbocycles. The van der Waals surface area contributed by atoms with Gasteiger partial charge < -0.3 is 10.1 Å². The number of nitrogens with one attached hydrogen (secondary N) is 1. The summed E-state index contributed by atoms with van der Waals surface area (Å²) in [6, 6.07) is 9.80. The molecule has 0 spiro atoms. The van der Waals surface area contributed by atoms with Gasteiger partial charge in [-0.05, 0) is 50.1 Å². The summed E-state index contributed by atoms with van der Waals surface area (Å²) in [5.74, 6) is -1.49. The zero-order valence-electron chi connectivity index (χ0n) is 13.3. The molecule has 23 heavy (non-hydrogen) atoms. The lowest BCUT2D eigenvalue weighted by Crippen LogP contribution is -2.21. The molecular weight excluding hydrogens is 297 g/mol. The van der Waals surface area contributed by atoms with Gasteiger partial charge in [0.15, 0.2) is 6.61 Å². The van der Waals surface area contributed by atoms with Gasteiger partial charge in [-0.25, -0.2) is 9.18 Å². The van der Waals surface area contributed by atoms with E-state index < -0.39 is 24.3 Å². The molecule has 0 radical (unpaired) electrons. The number of esters is 1. The van der Waals surface area contributed by atoms with E-state index in [0.717, 1.165) is 11.1 Å². The molecule has 0 fully saturated rings. The van der Waals surface area contributed by atoms with Crippen molar-refractivity contribution in [2.24, 2.45) is 0 Å². The second-order valence-electron chi connectivity index (χ2n) is 5.41. The van der Waals surface area contributed by atoms with Gasteiger partial charge in [-0.1, -0.05) is 23.8 Å². The Morgan fingerprint density at radius 2 is 1.74 bits per heavy atom. The average molecular weight is 315 g/mol. The van der Waals surface area contributed by atoms with Crippen molar-refractivity contribution in [3.63, 3.8) is 0 Å². The standard InChI is InChI=1S/C18H18FNO3/c1-11-4-5-12(2)15(8-11)18(22)23-10-17(21)20-14-7-6-13(3)16(19)9-14/h4-9H,10H2,1-3H3,(H,20,21). The molecular formula is C18H18FNO3. The molecule has 0 aliphatic heterocycles. The molecule has 2 rings (SSSR count). The Balaban J connectivity index is 1.94. The van der Waals surface area contributed by atoms with Crippen LogP contribution in [0.3, 0.4) is 0 Å². The van der Waals surface area contributed by atoms with E-state index in [1.165, 1.54) is 6.07 Å². The number of amides is 1. The number of aryl methyl sites for hydroxylation is 3. The Morgan fingerprint density at radius 1 is 1.04 bits per heavy atom. The van der Waals surface area contributed by atoms with Gasteiger partial charge in [0.05, 0.1) is 5.56 Å². The molecule has 1 N–H and O–H groups in total. The highest BCUT2D eigenvalue weighted by molar-refractivity contribution is 5.96.